The van der Waals surface area contributed by atoms with E-state index >= 15 is 0 Å². The van der Waals surface area contributed by atoms with Gasteiger partial charge in [0.2, 0.25) is 0 Å². The summed E-state index contributed by atoms with van der Waals surface area (Å²) in [7, 11) is 1.81. The first-order valence-corrected chi connectivity index (χ1v) is 6.48. The summed E-state index contributed by atoms with van der Waals surface area (Å²) in [5, 5.41) is 0. The quantitative estimate of drug-likeness (QED) is 0.729. The minimum Gasteiger partial charge on any atom is -0.381 e. The van der Waals surface area contributed by atoms with E-state index in [9.17, 15) is 0 Å². The second kappa shape index (κ2) is 7.38. The summed E-state index contributed by atoms with van der Waals surface area (Å²) in [5.74, 6) is 1.43. The fourth-order valence-corrected chi connectivity index (χ4v) is 2.13. The summed E-state index contributed by atoms with van der Waals surface area (Å²) in [6.45, 7) is 6.40. The summed E-state index contributed by atoms with van der Waals surface area (Å²) in [5.41, 5.74) is 1.13. The van der Waals surface area contributed by atoms with E-state index in [0.717, 1.165) is 30.8 Å². The van der Waals surface area contributed by atoms with Gasteiger partial charge in [-0.2, -0.15) is 0 Å². The molecule has 0 N–H and O–H groups in total. The predicted octanol–water partition coefficient (Wildman–Crippen LogP) is 3.17. The summed E-state index contributed by atoms with van der Waals surface area (Å²) < 4.78 is 5.53. The van der Waals surface area contributed by atoms with Gasteiger partial charge in [-0.05, 0) is 38.2 Å². The fourth-order valence-electron chi connectivity index (χ4n) is 2.13. The van der Waals surface area contributed by atoms with E-state index in [0.29, 0.717) is 12.0 Å². The molecule has 1 rings (SSSR count). The standard InChI is InChI=1S/C14H24N2O/c1-5-6-14(17-4)11(2)7-8-13-9-10-15-12(3)16-13/h9-11,14H,5-8H2,1-4H3. The number of nitrogens with zero attached hydrogens (tertiary/aromatic N) is 2. The highest BCUT2D eigenvalue weighted by atomic mass is 16.5. The van der Waals surface area contributed by atoms with Crippen LogP contribution >= 0.6 is 0 Å². The molecule has 0 aromatic carbocycles. The molecule has 96 valence electrons. The van der Waals surface area contributed by atoms with Gasteiger partial charge in [-0.15, -0.1) is 0 Å². The van der Waals surface area contributed by atoms with Crippen LogP contribution in [-0.2, 0) is 11.2 Å². The van der Waals surface area contributed by atoms with Gasteiger partial charge in [0.25, 0.3) is 0 Å². The molecule has 1 aromatic rings. The van der Waals surface area contributed by atoms with Crippen LogP contribution in [0.15, 0.2) is 12.3 Å². The second-order valence-electron chi connectivity index (χ2n) is 4.67. The first-order chi connectivity index (χ1) is 8.17. The number of ether oxygens (including phenoxy) is 1. The van der Waals surface area contributed by atoms with E-state index in [1.807, 2.05) is 26.3 Å². The lowest BCUT2D eigenvalue weighted by atomic mass is 9.95. The zero-order valence-corrected chi connectivity index (χ0v) is 11.4. The van der Waals surface area contributed by atoms with Gasteiger partial charge in [-0.25, -0.2) is 9.97 Å². The maximum atomic E-state index is 5.53. The van der Waals surface area contributed by atoms with E-state index in [4.69, 9.17) is 4.74 Å². The second-order valence-corrected chi connectivity index (χ2v) is 4.67. The molecular formula is C14H24N2O. The van der Waals surface area contributed by atoms with Crippen molar-refractivity contribution in [2.24, 2.45) is 5.92 Å². The lowest BCUT2D eigenvalue weighted by Crippen LogP contribution is -2.20. The topological polar surface area (TPSA) is 35.0 Å². The molecule has 0 amide bonds. The summed E-state index contributed by atoms with van der Waals surface area (Å²) in [6.07, 6.45) is 6.66. The Bertz CT molecular complexity index is 328. The number of aromatic nitrogens is 2. The molecule has 0 aliphatic rings. The minimum atomic E-state index is 0.378. The van der Waals surface area contributed by atoms with Crippen molar-refractivity contribution in [3.63, 3.8) is 0 Å². The Hall–Kier alpha value is -0.960. The van der Waals surface area contributed by atoms with Crippen LogP contribution in [0.4, 0.5) is 0 Å². The molecule has 0 saturated carbocycles. The molecule has 17 heavy (non-hydrogen) atoms. The van der Waals surface area contributed by atoms with Crippen molar-refractivity contribution in [2.75, 3.05) is 7.11 Å². The monoisotopic (exact) mass is 236 g/mol. The average Bonchev–Trinajstić information content (AvgIpc) is 2.33. The zero-order valence-electron chi connectivity index (χ0n) is 11.4. The van der Waals surface area contributed by atoms with Crippen molar-refractivity contribution in [2.45, 2.75) is 52.6 Å². The van der Waals surface area contributed by atoms with Gasteiger partial charge in [0.05, 0.1) is 6.10 Å². The summed E-state index contributed by atoms with van der Waals surface area (Å²) in [4.78, 5) is 8.54. The summed E-state index contributed by atoms with van der Waals surface area (Å²) >= 11 is 0. The van der Waals surface area contributed by atoms with Gasteiger partial charge in [-0.3, -0.25) is 0 Å². The third-order valence-electron chi connectivity index (χ3n) is 3.20. The van der Waals surface area contributed by atoms with E-state index in [1.54, 1.807) is 0 Å². The maximum absolute atomic E-state index is 5.53. The highest BCUT2D eigenvalue weighted by Gasteiger charge is 2.15. The Kier molecular flexibility index (Phi) is 6.12. The zero-order chi connectivity index (χ0) is 12.7. The fraction of sp³-hybridized carbons (Fsp3) is 0.714. The minimum absolute atomic E-state index is 0.378. The third kappa shape index (κ3) is 4.82. The molecule has 2 atom stereocenters. The Labute approximate surface area is 105 Å². The number of rotatable bonds is 7. The highest BCUT2D eigenvalue weighted by molar-refractivity contribution is 5.01. The van der Waals surface area contributed by atoms with Crippen LogP contribution in [0.25, 0.3) is 0 Å². The van der Waals surface area contributed by atoms with E-state index in [-0.39, 0.29) is 0 Å². The average molecular weight is 236 g/mol. The normalized spacial score (nSPS) is 14.6. The number of hydrogen-bond donors (Lipinski definition) is 0. The molecule has 0 saturated heterocycles. The van der Waals surface area contributed by atoms with Gasteiger partial charge in [0, 0.05) is 19.0 Å². The van der Waals surface area contributed by atoms with Crippen molar-refractivity contribution in [3.8, 4) is 0 Å². The Morgan fingerprint density at radius 2 is 2.12 bits per heavy atom. The highest BCUT2D eigenvalue weighted by Crippen LogP contribution is 2.18. The van der Waals surface area contributed by atoms with Gasteiger partial charge in [0.1, 0.15) is 5.82 Å². The number of aryl methyl sites for hydroxylation is 2. The molecular weight excluding hydrogens is 212 g/mol. The first kappa shape index (κ1) is 14.1. The molecule has 3 nitrogen and oxygen atoms in total. The van der Waals surface area contributed by atoms with Crippen molar-refractivity contribution in [3.05, 3.63) is 23.8 Å². The van der Waals surface area contributed by atoms with Crippen molar-refractivity contribution >= 4 is 0 Å². The SMILES string of the molecule is CCCC(OC)C(C)CCc1ccnc(C)n1. The van der Waals surface area contributed by atoms with Crippen molar-refractivity contribution < 1.29 is 4.74 Å². The van der Waals surface area contributed by atoms with Crippen molar-refractivity contribution in [1.29, 1.82) is 0 Å². The molecule has 3 heteroatoms. The van der Waals surface area contributed by atoms with Crippen LogP contribution in [0.5, 0.6) is 0 Å². The van der Waals surface area contributed by atoms with Gasteiger partial charge in [0.15, 0.2) is 0 Å². The van der Waals surface area contributed by atoms with Crippen LogP contribution in [0.2, 0.25) is 0 Å². The Morgan fingerprint density at radius 3 is 2.71 bits per heavy atom. The predicted molar refractivity (Wildman–Crippen MR) is 70.0 cm³/mol. The van der Waals surface area contributed by atoms with Gasteiger partial charge >= 0.3 is 0 Å². The molecule has 0 aliphatic heterocycles. The van der Waals surface area contributed by atoms with Gasteiger partial charge in [-0.1, -0.05) is 20.3 Å². The largest absolute Gasteiger partial charge is 0.381 e. The molecule has 0 spiro atoms. The lowest BCUT2D eigenvalue weighted by Gasteiger charge is -2.22. The van der Waals surface area contributed by atoms with Crippen molar-refractivity contribution in [1.82, 2.24) is 9.97 Å². The maximum Gasteiger partial charge on any atom is 0.125 e. The molecule has 2 unspecified atom stereocenters. The molecule has 0 bridgehead atoms. The first-order valence-electron chi connectivity index (χ1n) is 6.48. The molecule has 0 aliphatic carbocycles. The molecule has 0 radical (unpaired) electrons. The Balaban J connectivity index is 2.44. The van der Waals surface area contributed by atoms with Crippen LogP contribution in [0.3, 0.4) is 0 Å². The Morgan fingerprint density at radius 1 is 1.35 bits per heavy atom. The molecule has 1 aromatic heterocycles. The van der Waals surface area contributed by atoms with Crippen LogP contribution in [0, 0.1) is 12.8 Å². The number of methoxy groups -OCH3 is 1. The van der Waals surface area contributed by atoms with Crippen LogP contribution < -0.4 is 0 Å². The van der Waals surface area contributed by atoms with Gasteiger partial charge < -0.3 is 4.74 Å². The van der Waals surface area contributed by atoms with E-state index in [2.05, 4.69) is 23.8 Å². The summed E-state index contributed by atoms with van der Waals surface area (Å²) in [6, 6.07) is 2.00. The smallest absolute Gasteiger partial charge is 0.125 e. The van der Waals surface area contributed by atoms with E-state index < -0.39 is 0 Å². The van der Waals surface area contributed by atoms with Crippen LogP contribution in [0.1, 0.15) is 44.6 Å². The van der Waals surface area contributed by atoms with E-state index in [1.165, 1.54) is 6.42 Å². The van der Waals surface area contributed by atoms with Crippen LogP contribution in [-0.4, -0.2) is 23.2 Å². The third-order valence-corrected chi connectivity index (χ3v) is 3.20. The molecule has 0 fully saturated rings. The number of hydrogen-bond acceptors (Lipinski definition) is 3. The molecule has 1 heterocycles. The lowest BCUT2D eigenvalue weighted by molar-refractivity contribution is 0.0481.